The summed E-state index contributed by atoms with van der Waals surface area (Å²) in [5.74, 6) is 0.872. The summed E-state index contributed by atoms with van der Waals surface area (Å²) in [6.45, 7) is 6.43. The Morgan fingerprint density at radius 3 is 2.62 bits per heavy atom. The molecule has 2 nitrogen and oxygen atoms in total. The van der Waals surface area contributed by atoms with Gasteiger partial charge in [0.15, 0.2) is 0 Å². The Morgan fingerprint density at radius 1 is 1.46 bits per heavy atom. The average molecular weight is 199 g/mol. The van der Waals surface area contributed by atoms with Crippen molar-refractivity contribution in [3.05, 3.63) is 23.4 Å². The Labute approximate surface area is 84.3 Å². The Bertz CT molecular complexity index is 267. The van der Waals surface area contributed by atoms with Crippen LogP contribution in [0.4, 0.5) is 5.82 Å². The maximum absolute atomic E-state index is 5.73. The molecule has 0 unspecified atom stereocenters. The van der Waals surface area contributed by atoms with Gasteiger partial charge in [0, 0.05) is 11.7 Å². The molecular formula is C10H15ClN2. The molecule has 0 spiro atoms. The van der Waals surface area contributed by atoms with Crippen LogP contribution >= 0.6 is 11.6 Å². The minimum Gasteiger partial charge on any atom is -0.365 e. The number of halogens is 1. The molecule has 0 saturated heterocycles. The lowest BCUT2D eigenvalue weighted by Crippen LogP contribution is -2.29. The molecule has 3 heteroatoms. The summed E-state index contributed by atoms with van der Waals surface area (Å²) in [7, 11) is 0. The van der Waals surface area contributed by atoms with E-state index < -0.39 is 0 Å². The highest BCUT2D eigenvalue weighted by Gasteiger charge is 2.14. The molecule has 1 N–H and O–H groups in total. The van der Waals surface area contributed by atoms with E-state index in [1.54, 1.807) is 6.20 Å². The van der Waals surface area contributed by atoms with Crippen molar-refractivity contribution >= 4 is 17.4 Å². The maximum atomic E-state index is 5.73. The van der Waals surface area contributed by atoms with Crippen molar-refractivity contribution in [3.63, 3.8) is 0 Å². The van der Waals surface area contributed by atoms with E-state index >= 15 is 0 Å². The van der Waals surface area contributed by atoms with Crippen LogP contribution in [0.15, 0.2) is 18.3 Å². The number of hydrogen-bond acceptors (Lipinski definition) is 2. The summed E-state index contributed by atoms with van der Waals surface area (Å²) in [4.78, 5) is 4.17. The molecule has 0 aliphatic heterocycles. The van der Waals surface area contributed by atoms with Crippen molar-refractivity contribution in [2.45, 2.75) is 32.7 Å². The second kappa shape index (κ2) is 3.97. The third-order valence-electron chi connectivity index (χ3n) is 2.08. The zero-order valence-corrected chi connectivity index (χ0v) is 9.02. The minimum atomic E-state index is 0.0842. The summed E-state index contributed by atoms with van der Waals surface area (Å²) in [6.07, 6.45) is 2.70. The van der Waals surface area contributed by atoms with Crippen LogP contribution in [0.5, 0.6) is 0 Å². The van der Waals surface area contributed by atoms with E-state index in [4.69, 9.17) is 11.6 Å². The molecule has 1 heterocycles. The molecule has 0 aliphatic carbocycles. The predicted molar refractivity (Wildman–Crippen MR) is 57.2 cm³/mol. The van der Waals surface area contributed by atoms with Crippen molar-refractivity contribution in [3.8, 4) is 0 Å². The first-order valence-corrected chi connectivity index (χ1v) is 4.81. The molecule has 1 aromatic heterocycles. The van der Waals surface area contributed by atoms with Gasteiger partial charge in [-0.25, -0.2) is 4.98 Å². The van der Waals surface area contributed by atoms with Crippen LogP contribution in [0.1, 0.15) is 27.2 Å². The van der Waals surface area contributed by atoms with E-state index in [0.29, 0.717) is 5.02 Å². The van der Waals surface area contributed by atoms with Crippen LogP contribution in [0.2, 0.25) is 5.02 Å². The molecule has 13 heavy (non-hydrogen) atoms. The lowest BCUT2D eigenvalue weighted by molar-refractivity contribution is 0.545. The van der Waals surface area contributed by atoms with Crippen molar-refractivity contribution in [2.24, 2.45) is 0 Å². The van der Waals surface area contributed by atoms with Gasteiger partial charge in [0.25, 0.3) is 0 Å². The van der Waals surface area contributed by atoms with Crippen LogP contribution in [0.25, 0.3) is 0 Å². The van der Waals surface area contributed by atoms with Gasteiger partial charge in [-0.3, -0.25) is 0 Å². The molecule has 0 radical (unpaired) electrons. The molecule has 0 atom stereocenters. The lowest BCUT2D eigenvalue weighted by atomic mass is 10.0. The first-order valence-electron chi connectivity index (χ1n) is 4.43. The fraction of sp³-hybridized carbons (Fsp3) is 0.500. The first kappa shape index (κ1) is 10.3. The summed E-state index contributed by atoms with van der Waals surface area (Å²) in [6, 6.07) is 3.72. The summed E-state index contributed by atoms with van der Waals surface area (Å²) >= 11 is 5.73. The minimum absolute atomic E-state index is 0.0842. The molecule has 1 rings (SSSR count). The second-order valence-electron chi connectivity index (χ2n) is 3.72. The number of pyridine rings is 1. The number of anilines is 1. The van der Waals surface area contributed by atoms with Crippen LogP contribution in [0, 0.1) is 0 Å². The van der Waals surface area contributed by atoms with E-state index in [1.165, 1.54) is 0 Å². The Morgan fingerprint density at radius 2 is 2.15 bits per heavy atom. The van der Waals surface area contributed by atoms with Crippen molar-refractivity contribution < 1.29 is 0 Å². The van der Waals surface area contributed by atoms with Crippen LogP contribution < -0.4 is 5.32 Å². The molecule has 0 fully saturated rings. The summed E-state index contributed by atoms with van der Waals surface area (Å²) in [5, 5.41) is 3.99. The molecule has 0 saturated carbocycles. The van der Waals surface area contributed by atoms with E-state index in [0.717, 1.165) is 12.2 Å². The van der Waals surface area contributed by atoms with Gasteiger partial charge >= 0.3 is 0 Å². The van der Waals surface area contributed by atoms with E-state index in [2.05, 4.69) is 31.1 Å². The Hall–Kier alpha value is -0.760. The third-order valence-corrected chi connectivity index (χ3v) is 2.30. The molecule has 0 amide bonds. The molecule has 0 aliphatic rings. The van der Waals surface area contributed by atoms with Crippen LogP contribution in [-0.4, -0.2) is 10.5 Å². The Balaban J connectivity index is 2.69. The molecular weight excluding hydrogens is 184 g/mol. The fourth-order valence-electron chi connectivity index (χ4n) is 0.885. The highest BCUT2D eigenvalue weighted by molar-refractivity contribution is 6.30. The van der Waals surface area contributed by atoms with Gasteiger partial charge in [0.1, 0.15) is 5.82 Å². The van der Waals surface area contributed by atoms with Gasteiger partial charge < -0.3 is 5.32 Å². The molecule has 72 valence electrons. The molecule has 1 aromatic rings. The molecule has 0 bridgehead atoms. The number of nitrogens with zero attached hydrogens (tertiary/aromatic N) is 1. The number of nitrogens with one attached hydrogen (secondary N) is 1. The lowest BCUT2D eigenvalue weighted by Gasteiger charge is -2.24. The smallest absolute Gasteiger partial charge is 0.126 e. The highest BCUT2D eigenvalue weighted by Crippen LogP contribution is 2.16. The largest absolute Gasteiger partial charge is 0.365 e. The van der Waals surface area contributed by atoms with Crippen LogP contribution in [0.3, 0.4) is 0 Å². The normalized spacial score (nSPS) is 11.4. The number of aromatic nitrogens is 1. The van der Waals surface area contributed by atoms with Gasteiger partial charge in [-0.2, -0.15) is 0 Å². The first-order chi connectivity index (χ1) is 6.03. The summed E-state index contributed by atoms with van der Waals surface area (Å²) in [5.41, 5.74) is 0.0842. The Kier molecular flexibility index (Phi) is 3.15. The van der Waals surface area contributed by atoms with Crippen molar-refractivity contribution in [1.82, 2.24) is 4.98 Å². The van der Waals surface area contributed by atoms with Gasteiger partial charge in [0.05, 0.1) is 5.02 Å². The fourth-order valence-corrected chi connectivity index (χ4v) is 0.997. The van der Waals surface area contributed by atoms with Gasteiger partial charge in [-0.1, -0.05) is 18.5 Å². The standard InChI is InChI=1S/C10H15ClN2/c1-4-10(2,3)13-9-6-5-8(11)7-12-9/h5-7H,4H2,1-3H3,(H,12,13). The predicted octanol–water partition coefficient (Wildman–Crippen LogP) is 3.34. The summed E-state index contributed by atoms with van der Waals surface area (Å²) < 4.78 is 0. The van der Waals surface area contributed by atoms with Crippen molar-refractivity contribution in [2.75, 3.05) is 5.32 Å². The zero-order chi connectivity index (χ0) is 9.90. The van der Waals surface area contributed by atoms with E-state index in [-0.39, 0.29) is 5.54 Å². The van der Waals surface area contributed by atoms with Gasteiger partial charge in [-0.15, -0.1) is 0 Å². The second-order valence-corrected chi connectivity index (χ2v) is 4.16. The number of rotatable bonds is 3. The average Bonchev–Trinajstić information content (AvgIpc) is 2.09. The van der Waals surface area contributed by atoms with Crippen molar-refractivity contribution in [1.29, 1.82) is 0 Å². The van der Waals surface area contributed by atoms with Gasteiger partial charge in [-0.05, 0) is 32.4 Å². The molecule has 0 aromatic carbocycles. The van der Waals surface area contributed by atoms with E-state index in [9.17, 15) is 0 Å². The number of hydrogen-bond donors (Lipinski definition) is 1. The maximum Gasteiger partial charge on any atom is 0.126 e. The quantitative estimate of drug-likeness (QED) is 0.806. The van der Waals surface area contributed by atoms with E-state index in [1.807, 2.05) is 12.1 Å². The monoisotopic (exact) mass is 198 g/mol. The SMILES string of the molecule is CCC(C)(C)Nc1ccc(Cl)cn1. The zero-order valence-electron chi connectivity index (χ0n) is 8.26. The van der Waals surface area contributed by atoms with Gasteiger partial charge in [0.2, 0.25) is 0 Å². The van der Waals surface area contributed by atoms with Crippen LogP contribution in [-0.2, 0) is 0 Å². The third kappa shape index (κ3) is 3.23. The topological polar surface area (TPSA) is 24.9 Å². The highest BCUT2D eigenvalue weighted by atomic mass is 35.5.